The first-order chi connectivity index (χ1) is 8.50. The lowest BCUT2D eigenvalue weighted by atomic mass is 10.3. The molecular formula is C10H10Cl4N2O3. The maximum Gasteiger partial charge on any atom is 0.338 e. The standard InChI is InChI=1S/C10H10Cl4N2O3/c1-4(2)15-7(17)6(11)5(3)16(9(15)19)8(18)10(12,13)14/h4H,1-3H3. The van der Waals surface area contributed by atoms with Crippen LogP contribution in [0.4, 0.5) is 0 Å². The van der Waals surface area contributed by atoms with Crippen LogP contribution in [-0.2, 0) is 0 Å². The summed E-state index contributed by atoms with van der Waals surface area (Å²) in [7, 11) is 0. The second-order valence-electron chi connectivity index (χ2n) is 4.09. The van der Waals surface area contributed by atoms with E-state index in [1.165, 1.54) is 6.92 Å². The van der Waals surface area contributed by atoms with Gasteiger partial charge < -0.3 is 0 Å². The molecule has 1 aromatic heterocycles. The summed E-state index contributed by atoms with van der Waals surface area (Å²) in [6.45, 7) is 4.52. The van der Waals surface area contributed by atoms with Crippen LogP contribution in [0.15, 0.2) is 9.59 Å². The molecule has 1 rings (SSSR count). The summed E-state index contributed by atoms with van der Waals surface area (Å²) in [6, 6.07) is -0.493. The third kappa shape index (κ3) is 2.99. The Balaban J connectivity index is 3.83. The first kappa shape index (κ1) is 16.6. The van der Waals surface area contributed by atoms with Crippen molar-refractivity contribution in [2.45, 2.75) is 30.6 Å². The van der Waals surface area contributed by atoms with Crippen molar-refractivity contribution < 1.29 is 4.79 Å². The van der Waals surface area contributed by atoms with E-state index in [2.05, 4.69) is 0 Å². The van der Waals surface area contributed by atoms with Gasteiger partial charge in [-0.1, -0.05) is 46.4 Å². The summed E-state index contributed by atoms with van der Waals surface area (Å²) < 4.78 is -0.905. The quantitative estimate of drug-likeness (QED) is 0.733. The van der Waals surface area contributed by atoms with E-state index in [4.69, 9.17) is 46.4 Å². The van der Waals surface area contributed by atoms with E-state index in [0.29, 0.717) is 4.57 Å². The zero-order valence-electron chi connectivity index (χ0n) is 10.2. The predicted octanol–water partition coefficient (Wildman–Crippen LogP) is 2.56. The summed E-state index contributed by atoms with van der Waals surface area (Å²) in [5, 5.41) is -0.268. The van der Waals surface area contributed by atoms with Gasteiger partial charge in [0.05, 0.1) is 5.69 Å². The van der Waals surface area contributed by atoms with E-state index in [1.54, 1.807) is 13.8 Å². The molecule has 0 saturated heterocycles. The highest BCUT2D eigenvalue weighted by atomic mass is 35.6. The fraction of sp³-hybridized carbons (Fsp3) is 0.500. The highest BCUT2D eigenvalue weighted by molar-refractivity contribution is 6.76. The molecule has 0 aliphatic carbocycles. The van der Waals surface area contributed by atoms with Gasteiger partial charge in [0, 0.05) is 6.04 Å². The van der Waals surface area contributed by atoms with Gasteiger partial charge in [-0.25, -0.2) is 9.36 Å². The Kier molecular flexibility index (Phi) is 4.78. The Labute approximate surface area is 128 Å². The van der Waals surface area contributed by atoms with E-state index >= 15 is 0 Å². The predicted molar refractivity (Wildman–Crippen MR) is 76.0 cm³/mol. The first-order valence-corrected chi connectivity index (χ1v) is 6.66. The van der Waals surface area contributed by atoms with Crippen LogP contribution in [0.25, 0.3) is 0 Å². The molecule has 1 aromatic rings. The summed E-state index contributed by atoms with van der Waals surface area (Å²) in [5.74, 6) is -1.09. The van der Waals surface area contributed by atoms with Crippen LogP contribution in [0.2, 0.25) is 5.02 Å². The molecule has 5 nitrogen and oxygen atoms in total. The molecule has 0 aliphatic rings. The second-order valence-corrected chi connectivity index (χ2v) is 6.75. The molecular weight excluding hydrogens is 338 g/mol. The minimum Gasteiger partial charge on any atom is -0.269 e. The summed E-state index contributed by atoms with van der Waals surface area (Å²) in [4.78, 5) is 36.0. The van der Waals surface area contributed by atoms with Crippen molar-refractivity contribution in [3.8, 4) is 0 Å². The van der Waals surface area contributed by atoms with Crippen LogP contribution in [-0.4, -0.2) is 18.8 Å². The number of alkyl halides is 3. The van der Waals surface area contributed by atoms with E-state index in [1.807, 2.05) is 0 Å². The van der Waals surface area contributed by atoms with Crippen LogP contribution in [0.5, 0.6) is 0 Å². The van der Waals surface area contributed by atoms with Crippen molar-refractivity contribution in [2.75, 3.05) is 0 Å². The fourth-order valence-electron chi connectivity index (χ4n) is 1.52. The van der Waals surface area contributed by atoms with E-state index in [9.17, 15) is 14.4 Å². The molecule has 0 aliphatic heterocycles. The Morgan fingerprint density at radius 2 is 1.68 bits per heavy atom. The average Bonchev–Trinajstić information content (AvgIpc) is 2.24. The fourth-order valence-corrected chi connectivity index (χ4v) is 1.95. The molecule has 0 radical (unpaired) electrons. The lowest BCUT2D eigenvalue weighted by molar-refractivity contribution is 0.0906. The smallest absolute Gasteiger partial charge is 0.269 e. The third-order valence-corrected chi connectivity index (χ3v) is 3.34. The van der Waals surface area contributed by atoms with Gasteiger partial charge in [-0.05, 0) is 20.8 Å². The van der Waals surface area contributed by atoms with Crippen LogP contribution < -0.4 is 11.2 Å². The molecule has 0 N–H and O–H groups in total. The zero-order valence-corrected chi connectivity index (χ0v) is 13.2. The summed E-state index contributed by atoms with van der Waals surface area (Å²) in [5.41, 5.74) is -1.64. The minimum absolute atomic E-state index is 0.0649. The van der Waals surface area contributed by atoms with Crippen molar-refractivity contribution in [1.29, 1.82) is 0 Å². The van der Waals surface area contributed by atoms with Crippen LogP contribution in [0.3, 0.4) is 0 Å². The normalized spacial score (nSPS) is 12.0. The largest absolute Gasteiger partial charge is 0.338 e. The molecule has 9 heteroatoms. The highest BCUT2D eigenvalue weighted by Gasteiger charge is 2.35. The van der Waals surface area contributed by atoms with Crippen molar-refractivity contribution in [2.24, 2.45) is 0 Å². The van der Waals surface area contributed by atoms with Crippen LogP contribution in [0.1, 0.15) is 30.4 Å². The van der Waals surface area contributed by atoms with Gasteiger partial charge in [-0.15, -0.1) is 0 Å². The molecule has 0 amide bonds. The second kappa shape index (κ2) is 5.48. The molecule has 0 unspecified atom stereocenters. The topological polar surface area (TPSA) is 61.1 Å². The SMILES string of the molecule is Cc1c(Cl)c(=O)n(C(C)C)c(=O)n1C(=O)C(Cl)(Cl)Cl. The molecule has 106 valence electrons. The van der Waals surface area contributed by atoms with Gasteiger partial charge in [-0.3, -0.25) is 14.2 Å². The van der Waals surface area contributed by atoms with Gasteiger partial charge in [0.15, 0.2) is 0 Å². The van der Waals surface area contributed by atoms with Crippen molar-refractivity contribution in [1.82, 2.24) is 9.13 Å². The number of hydrogen-bond acceptors (Lipinski definition) is 3. The number of rotatable bonds is 1. The summed E-state index contributed by atoms with van der Waals surface area (Å²) in [6.07, 6.45) is 0. The van der Waals surface area contributed by atoms with Crippen LogP contribution in [0, 0.1) is 6.92 Å². The molecule has 0 saturated carbocycles. The highest BCUT2D eigenvalue weighted by Crippen LogP contribution is 2.28. The number of aromatic nitrogens is 2. The van der Waals surface area contributed by atoms with Gasteiger partial charge in [0.25, 0.3) is 15.3 Å². The molecule has 1 heterocycles. The third-order valence-electron chi connectivity index (χ3n) is 2.42. The number of hydrogen-bond donors (Lipinski definition) is 0. The number of nitrogens with zero attached hydrogens (tertiary/aromatic N) is 2. The van der Waals surface area contributed by atoms with Crippen molar-refractivity contribution >= 4 is 52.3 Å². The van der Waals surface area contributed by atoms with Gasteiger partial charge in [0.2, 0.25) is 0 Å². The number of halogens is 4. The zero-order chi connectivity index (χ0) is 15.1. The van der Waals surface area contributed by atoms with E-state index in [0.717, 1.165) is 4.57 Å². The molecule has 0 atom stereocenters. The van der Waals surface area contributed by atoms with Crippen LogP contribution >= 0.6 is 46.4 Å². The molecule has 0 aromatic carbocycles. The van der Waals surface area contributed by atoms with Gasteiger partial charge in [0.1, 0.15) is 5.02 Å². The summed E-state index contributed by atoms with van der Waals surface area (Å²) >= 11 is 22.3. The number of carbonyl (C=O) groups is 1. The Bertz CT molecular complexity index is 640. The lowest BCUT2D eigenvalue weighted by Crippen LogP contribution is -2.47. The molecule has 19 heavy (non-hydrogen) atoms. The minimum atomic E-state index is -2.32. The molecule has 0 spiro atoms. The van der Waals surface area contributed by atoms with Crippen molar-refractivity contribution in [3.05, 3.63) is 31.6 Å². The Morgan fingerprint density at radius 3 is 2.05 bits per heavy atom. The lowest BCUT2D eigenvalue weighted by Gasteiger charge is -2.18. The Hall–Kier alpha value is -0.490. The average molecular weight is 348 g/mol. The van der Waals surface area contributed by atoms with Gasteiger partial charge in [-0.2, -0.15) is 0 Å². The maximum absolute atomic E-state index is 12.2. The molecule has 0 fully saturated rings. The van der Waals surface area contributed by atoms with E-state index < -0.39 is 27.0 Å². The van der Waals surface area contributed by atoms with Crippen molar-refractivity contribution in [3.63, 3.8) is 0 Å². The first-order valence-electron chi connectivity index (χ1n) is 5.15. The molecule has 0 bridgehead atoms. The number of carbonyl (C=O) groups excluding carboxylic acids is 1. The monoisotopic (exact) mass is 346 g/mol. The maximum atomic E-state index is 12.2. The Morgan fingerprint density at radius 1 is 1.21 bits per heavy atom. The van der Waals surface area contributed by atoms with Gasteiger partial charge >= 0.3 is 5.69 Å². The van der Waals surface area contributed by atoms with E-state index in [-0.39, 0.29) is 10.7 Å².